The van der Waals surface area contributed by atoms with Gasteiger partial charge in [0.05, 0.1) is 10.5 Å². The average Bonchev–Trinajstić information content (AvgIpc) is 2.72. The minimum Gasteiger partial charge on any atom is -0.489 e. The highest BCUT2D eigenvalue weighted by molar-refractivity contribution is 9.10. The van der Waals surface area contributed by atoms with E-state index in [0.717, 1.165) is 15.6 Å². The summed E-state index contributed by atoms with van der Waals surface area (Å²) in [5, 5.41) is 23.1. The van der Waals surface area contributed by atoms with Crippen molar-refractivity contribution in [2.75, 3.05) is 5.32 Å². The Balaban J connectivity index is 1.70. The van der Waals surface area contributed by atoms with Gasteiger partial charge in [0.25, 0.3) is 5.69 Å². The Hall–Kier alpha value is -3.39. The molecule has 3 aromatic carbocycles. The van der Waals surface area contributed by atoms with E-state index in [1.807, 2.05) is 18.2 Å². The van der Waals surface area contributed by atoms with Gasteiger partial charge >= 0.3 is 5.97 Å². The maximum Gasteiger partial charge on any atom is 0.335 e. The molecule has 8 heteroatoms. The maximum absolute atomic E-state index is 11.1. The molecule has 3 rings (SSSR count). The predicted molar refractivity (Wildman–Crippen MR) is 112 cm³/mol. The van der Waals surface area contributed by atoms with Gasteiger partial charge in [-0.15, -0.1) is 0 Å². The number of nitrogens with one attached hydrogen (secondary N) is 1. The van der Waals surface area contributed by atoms with E-state index in [2.05, 4.69) is 21.2 Å². The van der Waals surface area contributed by atoms with E-state index in [9.17, 15) is 14.9 Å². The molecule has 0 aromatic heterocycles. The van der Waals surface area contributed by atoms with Crippen LogP contribution in [0.15, 0.2) is 71.2 Å². The number of hydrogen-bond acceptors (Lipinski definition) is 5. The van der Waals surface area contributed by atoms with Crippen LogP contribution >= 0.6 is 15.9 Å². The van der Waals surface area contributed by atoms with Crippen molar-refractivity contribution < 1.29 is 19.6 Å². The van der Waals surface area contributed by atoms with Gasteiger partial charge in [0.15, 0.2) is 0 Å². The molecule has 2 N–H and O–H groups in total. The minimum absolute atomic E-state index is 0.0332. The standard InChI is InChI=1S/C21H17BrN2O5/c22-17-6-9-20(29-13-14-4-7-19(8-5-14)24(27)28)16(10-17)12-23-18-3-1-2-15(11-18)21(25)26/h1-11,23H,12-13H2,(H,25,26). The summed E-state index contributed by atoms with van der Waals surface area (Å²) in [6.07, 6.45) is 0. The largest absolute Gasteiger partial charge is 0.489 e. The number of carboxylic acid groups (broad SMARTS) is 1. The van der Waals surface area contributed by atoms with Crippen molar-refractivity contribution in [2.24, 2.45) is 0 Å². The lowest BCUT2D eigenvalue weighted by atomic mass is 10.1. The molecule has 0 unspecified atom stereocenters. The first-order valence-corrected chi connectivity index (χ1v) is 9.43. The fourth-order valence-electron chi connectivity index (χ4n) is 2.66. The first-order chi connectivity index (χ1) is 13.9. The van der Waals surface area contributed by atoms with Crippen LogP contribution in [0.25, 0.3) is 0 Å². The number of carboxylic acids is 1. The molecule has 0 bridgehead atoms. The third-order valence-corrected chi connectivity index (χ3v) is 4.65. The number of halogens is 1. The average molecular weight is 457 g/mol. The van der Waals surface area contributed by atoms with Crippen LogP contribution in [0.4, 0.5) is 11.4 Å². The van der Waals surface area contributed by atoms with Crippen LogP contribution in [0.1, 0.15) is 21.5 Å². The highest BCUT2D eigenvalue weighted by atomic mass is 79.9. The van der Waals surface area contributed by atoms with Crippen molar-refractivity contribution >= 4 is 33.3 Å². The number of nitro benzene ring substituents is 1. The summed E-state index contributed by atoms with van der Waals surface area (Å²) in [7, 11) is 0. The number of carbonyl (C=O) groups is 1. The lowest BCUT2D eigenvalue weighted by molar-refractivity contribution is -0.384. The molecule has 0 atom stereocenters. The molecule has 0 spiro atoms. The van der Waals surface area contributed by atoms with Gasteiger partial charge in [0.1, 0.15) is 12.4 Å². The van der Waals surface area contributed by atoms with Gasteiger partial charge in [-0.25, -0.2) is 4.79 Å². The summed E-state index contributed by atoms with van der Waals surface area (Å²) in [4.78, 5) is 21.4. The van der Waals surface area contributed by atoms with Crippen LogP contribution < -0.4 is 10.1 Å². The number of rotatable bonds is 8. The Morgan fingerprint density at radius 2 is 1.86 bits per heavy atom. The SMILES string of the molecule is O=C(O)c1cccc(NCc2cc(Br)ccc2OCc2ccc([N+](=O)[O-])cc2)c1. The zero-order valence-electron chi connectivity index (χ0n) is 15.2. The fraction of sp³-hybridized carbons (Fsp3) is 0.0952. The van der Waals surface area contributed by atoms with Crippen molar-refractivity contribution in [1.82, 2.24) is 0 Å². The van der Waals surface area contributed by atoms with Gasteiger partial charge in [-0.3, -0.25) is 10.1 Å². The van der Waals surface area contributed by atoms with Gasteiger partial charge in [-0.05, 0) is 54.1 Å². The summed E-state index contributed by atoms with van der Waals surface area (Å²) in [6, 6.07) is 18.4. The molecule has 0 aliphatic heterocycles. The second-order valence-corrected chi connectivity index (χ2v) is 7.12. The van der Waals surface area contributed by atoms with Gasteiger partial charge in [-0.2, -0.15) is 0 Å². The number of benzene rings is 3. The Bertz CT molecular complexity index is 1040. The minimum atomic E-state index is -0.983. The molecule has 0 aliphatic carbocycles. The van der Waals surface area contributed by atoms with Crippen molar-refractivity contribution in [3.8, 4) is 5.75 Å². The molecule has 0 saturated heterocycles. The molecular weight excluding hydrogens is 440 g/mol. The van der Waals surface area contributed by atoms with Crippen LogP contribution in [0.2, 0.25) is 0 Å². The number of anilines is 1. The first-order valence-electron chi connectivity index (χ1n) is 8.64. The van der Waals surface area contributed by atoms with E-state index in [0.29, 0.717) is 18.0 Å². The third kappa shape index (κ3) is 5.55. The van der Waals surface area contributed by atoms with E-state index in [4.69, 9.17) is 9.84 Å². The fourth-order valence-corrected chi connectivity index (χ4v) is 3.07. The third-order valence-electron chi connectivity index (χ3n) is 4.16. The summed E-state index contributed by atoms with van der Waals surface area (Å²) < 4.78 is 6.79. The molecule has 0 amide bonds. The van der Waals surface area contributed by atoms with Crippen LogP contribution in [-0.2, 0) is 13.2 Å². The number of hydrogen-bond donors (Lipinski definition) is 2. The smallest absolute Gasteiger partial charge is 0.335 e. The Morgan fingerprint density at radius 1 is 1.10 bits per heavy atom. The van der Waals surface area contributed by atoms with Crippen LogP contribution in [-0.4, -0.2) is 16.0 Å². The monoisotopic (exact) mass is 456 g/mol. The van der Waals surface area contributed by atoms with Gasteiger partial charge in [0.2, 0.25) is 0 Å². The molecule has 7 nitrogen and oxygen atoms in total. The topological polar surface area (TPSA) is 102 Å². The van der Waals surface area contributed by atoms with Crippen molar-refractivity contribution in [3.63, 3.8) is 0 Å². The van der Waals surface area contributed by atoms with Gasteiger partial charge < -0.3 is 15.2 Å². The van der Waals surface area contributed by atoms with E-state index in [-0.39, 0.29) is 17.9 Å². The Kier molecular flexibility index (Phi) is 6.46. The number of nitrogens with zero attached hydrogens (tertiary/aromatic N) is 1. The predicted octanol–water partition coefficient (Wildman–Crippen LogP) is 5.25. The van der Waals surface area contributed by atoms with Gasteiger partial charge in [0, 0.05) is 34.4 Å². The normalized spacial score (nSPS) is 10.4. The van der Waals surface area contributed by atoms with Crippen LogP contribution in [0.3, 0.4) is 0 Å². The summed E-state index contributed by atoms with van der Waals surface area (Å²) in [5.74, 6) is -0.323. The summed E-state index contributed by atoms with van der Waals surface area (Å²) in [6.45, 7) is 0.694. The number of ether oxygens (including phenoxy) is 1. The summed E-state index contributed by atoms with van der Waals surface area (Å²) >= 11 is 3.45. The van der Waals surface area contributed by atoms with E-state index in [1.54, 1.807) is 30.3 Å². The molecule has 29 heavy (non-hydrogen) atoms. The number of nitro groups is 1. The second-order valence-electron chi connectivity index (χ2n) is 6.20. The zero-order chi connectivity index (χ0) is 20.8. The van der Waals surface area contributed by atoms with Crippen molar-refractivity contribution in [3.05, 3.63) is 98.0 Å². The molecule has 0 aliphatic rings. The van der Waals surface area contributed by atoms with E-state index in [1.165, 1.54) is 18.2 Å². The van der Waals surface area contributed by atoms with Crippen molar-refractivity contribution in [2.45, 2.75) is 13.2 Å². The Labute approximate surface area is 175 Å². The first kappa shape index (κ1) is 20.3. The quantitative estimate of drug-likeness (QED) is 0.354. The van der Waals surface area contributed by atoms with E-state index >= 15 is 0 Å². The molecule has 3 aromatic rings. The molecule has 148 valence electrons. The van der Waals surface area contributed by atoms with Crippen LogP contribution in [0, 0.1) is 10.1 Å². The van der Waals surface area contributed by atoms with Gasteiger partial charge in [-0.1, -0.05) is 22.0 Å². The molecular formula is C21H17BrN2O5. The second kappa shape index (κ2) is 9.20. The number of non-ortho nitro benzene ring substituents is 1. The molecule has 0 radical (unpaired) electrons. The van der Waals surface area contributed by atoms with Crippen molar-refractivity contribution in [1.29, 1.82) is 0 Å². The Morgan fingerprint density at radius 3 is 2.55 bits per heavy atom. The highest BCUT2D eigenvalue weighted by Crippen LogP contribution is 2.26. The lowest BCUT2D eigenvalue weighted by Crippen LogP contribution is -2.05. The highest BCUT2D eigenvalue weighted by Gasteiger charge is 2.09. The molecule has 0 saturated carbocycles. The lowest BCUT2D eigenvalue weighted by Gasteiger charge is -2.14. The van der Waals surface area contributed by atoms with Crippen LogP contribution in [0.5, 0.6) is 5.75 Å². The summed E-state index contributed by atoms with van der Waals surface area (Å²) in [5.41, 5.74) is 2.62. The molecule has 0 heterocycles. The van der Waals surface area contributed by atoms with E-state index < -0.39 is 10.9 Å². The molecule has 0 fully saturated rings. The zero-order valence-corrected chi connectivity index (χ0v) is 16.8. The number of aromatic carboxylic acids is 1. The maximum atomic E-state index is 11.1.